The Bertz CT molecular complexity index is 1030. The lowest BCUT2D eigenvalue weighted by atomic mass is 10.1. The molecule has 0 fully saturated rings. The van der Waals surface area contributed by atoms with E-state index in [0.29, 0.717) is 18.5 Å². The summed E-state index contributed by atoms with van der Waals surface area (Å²) in [4.78, 5) is 16.5. The number of sulfone groups is 1. The van der Waals surface area contributed by atoms with Crippen molar-refractivity contribution in [3.8, 4) is 0 Å². The number of benzene rings is 1. The van der Waals surface area contributed by atoms with E-state index in [9.17, 15) is 13.2 Å². The highest BCUT2D eigenvalue weighted by atomic mass is 32.2. The molecule has 1 N–H and O–H groups in total. The topological polar surface area (TPSA) is 80.5 Å². The maximum Gasteiger partial charge on any atom is 0.235 e. The Kier molecular flexibility index (Phi) is 5.91. The van der Waals surface area contributed by atoms with Crippen molar-refractivity contribution in [1.29, 1.82) is 0 Å². The summed E-state index contributed by atoms with van der Waals surface area (Å²) in [5.74, 6) is -0.986. The molecule has 2 aromatic heterocycles. The average molecular weight is 385 g/mol. The zero-order valence-electron chi connectivity index (χ0n) is 15.3. The summed E-state index contributed by atoms with van der Waals surface area (Å²) >= 11 is 0. The number of rotatable bonds is 8. The van der Waals surface area contributed by atoms with E-state index in [-0.39, 0.29) is 12.3 Å². The van der Waals surface area contributed by atoms with Crippen LogP contribution >= 0.6 is 0 Å². The highest BCUT2D eigenvalue weighted by molar-refractivity contribution is 7.92. The summed E-state index contributed by atoms with van der Waals surface area (Å²) in [6.07, 6.45) is 4.91. The number of pyridine rings is 1. The Morgan fingerprint density at radius 3 is 2.67 bits per heavy atom. The second kappa shape index (κ2) is 8.35. The molecule has 0 saturated heterocycles. The molecule has 7 heteroatoms. The van der Waals surface area contributed by atoms with Gasteiger partial charge in [-0.05, 0) is 37.0 Å². The second-order valence-corrected chi connectivity index (χ2v) is 8.80. The lowest BCUT2D eigenvalue weighted by molar-refractivity contribution is -0.118. The van der Waals surface area contributed by atoms with Gasteiger partial charge >= 0.3 is 0 Å². The van der Waals surface area contributed by atoms with Gasteiger partial charge in [-0.25, -0.2) is 13.4 Å². The first kappa shape index (κ1) is 19.1. The number of hydrogen-bond donors (Lipinski definition) is 1. The minimum atomic E-state index is -3.42. The molecule has 0 aliphatic carbocycles. The smallest absolute Gasteiger partial charge is 0.235 e. The zero-order chi connectivity index (χ0) is 19.3. The highest BCUT2D eigenvalue weighted by Gasteiger charge is 2.16. The summed E-state index contributed by atoms with van der Waals surface area (Å²) in [7, 11) is -3.42. The molecule has 0 unspecified atom stereocenters. The van der Waals surface area contributed by atoms with Gasteiger partial charge in [0, 0.05) is 12.4 Å². The van der Waals surface area contributed by atoms with E-state index in [4.69, 9.17) is 0 Å². The quantitative estimate of drug-likeness (QED) is 0.645. The van der Waals surface area contributed by atoms with Crippen molar-refractivity contribution in [3.63, 3.8) is 0 Å². The van der Waals surface area contributed by atoms with Crippen molar-refractivity contribution in [1.82, 2.24) is 14.7 Å². The van der Waals surface area contributed by atoms with Gasteiger partial charge in [0.1, 0.15) is 11.4 Å². The third-order valence-electron chi connectivity index (χ3n) is 4.31. The van der Waals surface area contributed by atoms with Crippen LogP contribution in [0.2, 0.25) is 0 Å². The van der Waals surface area contributed by atoms with E-state index >= 15 is 0 Å². The Hall–Kier alpha value is -2.67. The van der Waals surface area contributed by atoms with Gasteiger partial charge in [0.15, 0.2) is 9.84 Å². The minimum Gasteiger partial charge on any atom is -0.350 e. The number of amides is 1. The van der Waals surface area contributed by atoms with Crippen molar-refractivity contribution >= 4 is 21.4 Å². The lowest BCUT2D eigenvalue weighted by Gasteiger charge is -2.05. The number of carbonyl (C=O) groups excluding carboxylic acids is 1. The summed E-state index contributed by atoms with van der Waals surface area (Å²) in [5.41, 5.74) is 3.66. The molecule has 0 aliphatic heterocycles. The van der Waals surface area contributed by atoms with Gasteiger partial charge in [0.2, 0.25) is 5.91 Å². The fourth-order valence-electron chi connectivity index (χ4n) is 2.94. The van der Waals surface area contributed by atoms with Gasteiger partial charge in [0.05, 0.1) is 18.0 Å². The number of hydrogen-bond acceptors (Lipinski definition) is 4. The maximum atomic E-state index is 12.1. The van der Waals surface area contributed by atoms with Crippen LogP contribution in [0.4, 0.5) is 0 Å². The molecule has 3 rings (SSSR count). The number of aryl methyl sites for hydroxylation is 2. The van der Waals surface area contributed by atoms with E-state index in [0.717, 1.165) is 16.8 Å². The van der Waals surface area contributed by atoms with Gasteiger partial charge in [-0.3, -0.25) is 4.79 Å². The number of nitrogens with zero attached hydrogens (tertiary/aromatic N) is 2. The standard InChI is InChI=1S/C20H23N3O3S/c1-16-7-5-11-23-14-18(22-20(16)23)13-21-19(24)15-27(25,26)12-6-10-17-8-3-2-4-9-17/h2-5,7-9,11,14H,6,10,12-13,15H2,1H3,(H,21,24). The molecule has 0 bridgehead atoms. The molecule has 2 heterocycles. The molecule has 27 heavy (non-hydrogen) atoms. The molecule has 3 aromatic rings. The zero-order valence-corrected chi connectivity index (χ0v) is 16.1. The first-order valence-corrected chi connectivity index (χ1v) is 10.7. The van der Waals surface area contributed by atoms with Gasteiger partial charge in [-0.15, -0.1) is 0 Å². The first-order valence-electron chi connectivity index (χ1n) is 8.87. The predicted octanol–water partition coefficient (Wildman–Crippen LogP) is 2.31. The molecule has 0 aliphatic rings. The molecule has 6 nitrogen and oxygen atoms in total. The monoisotopic (exact) mass is 385 g/mol. The molecular formula is C20H23N3O3S. The third-order valence-corrected chi connectivity index (χ3v) is 5.92. The van der Waals surface area contributed by atoms with E-state index in [1.165, 1.54) is 0 Å². The molecule has 142 valence electrons. The second-order valence-electron chi connectivity index (χ2n) is 6.61. The predicted molar refractivity (Wildman–Crippen MR) is 105 cm³/mol. The van der Waals surface area contributed by atoms with Crippen molar-refractivity contribution in [2.75, 3.05) is 11.5 Å². The van der Waals surface area contributed by atoms with Crippen LogP contribution in [0.25, 0.3) is 5.65 Å². The molecular weight excluding hydrogens is 362 g/mol. The van der Waals surface area contributed by atoms with Crippen LogP contribution in [-0.4, -0.2) is 35.2 Å². The van der Waals surface area contributed by atoms with Gasteiger partial charge in [0.25, 0.3) is 0 Å². The van der Waals surface area contributed by atoms with Crippen molar-refractivity contribution in [2.45, 2.75) is 26.3 Å². The summed E-state index contributed by atoms with van der Waals surface area (Å²) in [6, 6.07) is 13.6. The minimum absolute atomic E-state index is 0.00285. The van der Waals surface area contributed by atoms with E-state index < -0.39 is 21.5 Å². The molecule has 0 spiro atoms. The largest absolute Gasteiger partial charge is 0.350 e. The molecule has 0 saturated carbocycles. The molecule has 1 amide bonds. The van der Waals surface area contributed by atoms with Crippen LogP contribution in [0.5, 0.6) is 0 Å². The van der Waals surface area contributed by atoms with Crippen LogP contribution in [-0.2, 0) is 27.6 Å². The lowest BCUT2D eigenvalue weighted by Crippen LogP contribution is -2.31. The van der Waals surface area contributed by atoms with Crippen molar-refractivity contribution in [2.24, 2.45) is 0 Å². The van der Waals surface area contributed by atoms with Crippen LogP contribution in [0, 0.1) is 6.92 Å². The SMILES string of the molecule is Cc1cccn2cc(CNC(=O)CS(=O)(=O)CCCc3ccccc3)nc12. The number of nitrogens with one attached hydrogen (secondary N) is 1. The Balaban J connectivity index is 1.48. The number of imidazole rings is 1. The third kappa shape index (κ3) is 5.40. The molecule has 0 atom stereocenters. The Labute approximate surface area is 159 Å². The highest BCUT2D eigenvalue weighted by Crippen LogP contribution is 2.10. The summed E-state index contributed by atoms with van der Waals surface area (Å²) < 4.78 is 26.2. The van der Waals surface area contributed by atoms with E-state index in [1.54, 1.807) is 0 Å². The number of carbonyl (C=O) groups is 1. The van der Waals surface area contributed by atoms with Gasteiger partial charge in [-0.1, -0.05) is 36.4 Å². The Morgan fingerprint density at radius 1 is 1.15 bits per heavy atom. The fourth-order valence-corrected chi connectivity index (χ4v) is 4.17. The van der Waals surface area contributed by atoms with Crippen LogP contribution in [0.3, 0.4) is 0 Å². The molecule has 1 aromatic carbocycles. The first-order chi connectivity index (χ1) is 12.9. The normalized spacial score (nSPS) is 11.6. The van der Waals surface area contributed by atoms with Crippen LogP contribution in [0.1, 0.15) is 23.2 Å². The fraction of sp³-hybridized carbons (Fsp3) is 0.300. The summed E-state index contributed by atoms with van der Waals surface area (Å²) in [5, 5.41) is 2.65. The van der Waals surface area contributed by atoms with Crippen LogP contribution < -0.4 is 5.32 Å². The van der Waals surface area contributed by atoms with Gasteiger partial charge in [-0.2, -0.15) is 0 Å². The summed E-state index contributed by atoms with van der Waals surface area (Å²) in [6.45, 7) is 2.17. The van der Waals surface area contributed by atoms with E-state index in [1.807, 2.05) is 66.2 Å². The van der Waals surface area contributed by atoms with Crippen LogP contribution in [0.15, 0.2) is 54.9 Å². The number of fused-ring (bicyclic) bond motifs is 1. The Morgan fingerprint density at radius 2 is 1.93 bits per heavy atom. The number of aromatic nitrogens is 2. The maximum absolute atomic E-state index is 12.1. The van der Waals surface area contributed by atoms with E-state index in [2.05, 4.69) is 10.3 Å². The average Bonchev–Trinajstić information content (AvgIpc) is 3.05. The van der Waals surface area contributed by atoms with Gasteiger partial charge < -0.3 is 9.72 Å². The van der Waals surface area contributed by atoms with Crippen molar-refractivity contribution < 1.29 is 13.2 Å². The van der Waals surface area contributed by atoms with Crippen molar-refractivity contribution in [3.05, 3.63) is 71.7 Å². The molecule has 0 radical (unpaired) electrons.